The second-order valence-electron chi connectivity index (χ2n) is 8.42. The zero-order chi connectivity index (χ0) is 17.8. The molecule has 0 saturated heterocycles. The van der Waals surface area contributed by atoms with E-state index in [1.165, 1.54) is 32.1 Å². The molecule has 4 aliphatic carbocycles. The Bertz CT molecular complexity index is 850. The van der Waals surface area contributed by atoms with Gasteiger partial charge in [0.2, 0.25) is 0 Å². The molecule has 6 rings (SSSR count). The van der Waals surface area contributed by atoms with Crippen LogP contribution in [0.5, 0.6) is 5.75 Å². The molecule has 4 bridgehead atoms. The molecule has 0 spiro atoms. The minimum absolute atomic E-state index is 0.00535. The average molecular weight is 414 g/mol. The summed E-state index contributed by atoms with van der Waals surface area (Å²) in [4.78, 5) is 13.2. The highest BCUT2D eigenvalue weighted by atomic mass is 79.9. The summed E-state index contributed by atoms with van der Waals surface area (Å²) in [6.07, 6.45) is 6.64. The van der Waals surface area contributed by atoms with E-state index >= 15 is 0 Å². The molecule has 0 aliphatic heterocycles. The minimum atomic E-state index is 0.00535. The predicted molar refractivity (Wildman–Crippen MR) is 106 cm³/mol. The van der Waals surface area contributed by atoms with Crippen molar-refractivity contribution in [1.82, 2.24) is 5.32 Å². The molecule has 1 amide bonds. The van der Waals surface area contributed by atoms with Crippen molar-refractivity contribution in [2.45, 2.75) is 38.1 Å². The lowest BCUT2D eigenvalue weighted by Crippen LogP contribution is -2.55. The van der Waals surface area contributed by atoms with E-state index in [1.54, 1.807) is 7.11 Å². The van der Waals surface area contributed by atoms with Crippen LogP contribution in [0.2, 0.25) is 0 Å². The molecule has 4 saturated carbocycles. The van der Waals surface area contributed by atoms with E-state index in [2.05, 4.69) is 21.2 Å². The van der Waals surface area contributed by atoms with Gasteiger partial charge in [0.05, 0.1) is 17.1 Å². The number of benzene rings is 2. The highest BCUT2D eigenvalue weighted by molar-refractivity contribution is 9.10. The quantitative estimate of drug-likeness (QED) is 0.753. The van der Waals surface area contributed by atoms with Crippen molar-refractivity contribution < 1.29 is 9.53 Å². The van der Waals surface area contributed by atoms with Gasteiger partial charge in [-0.15, -0.1) is 0 Å². The van der Waals surface area contributed by atoms with Crippen LogP contribution >= 0.6 is 15.9 Å². The van der Waals surface area contributed by atoms with Crippen LogP contribution in [-0.4, -0.2) is 19.1 Å². The van der Waals surface area contributed by atoms with Crippen LogP contribution in [0, 0.1) is 23.7 Å². The van der Waals surface area contributed by atoms with Gasteiger partial charge in [-0.2, -0.15) is 0 Å². The number of amides is 1. The van der Waals surface area contributed by atoms with E-state index in [9.17, 15) is 4.79 Å². The van der Waals surface area contributed by atoms with Gasteiger partial charge in [-0.1, -0.05) is 24.3 Å². The molecule has 0 heterocycles. The van der Waals surface area contributed by atoms with Crippen molar-refractivity contribution in [3.05, 3.63) is 40.4 Å². The first kappa shape index (κ1) is 16.6. The molecule has 1 N–H and O–H groups in total. The zero-order valence-electron chi connectivity index (χ0n) is 15.0. The van der Waals surface area contributed by atoms with Crippen molar-refractivity contribution in [2.24, 2.45) is 23.7 Å². The summed E-state index contributed by atoms with van der Waals surface area (Å²) in [6, 6.07) is 10.4. The van der Waals surface area contributed by atoms with Crippen LogP contribution < -0.4 is 10.1 Å². The summed E-state index contributed by atoms with van der Waals surface area (Å²) in [5.74, 6) is 3.80. The normalized spacial score (nSPS) is 32.0. The standard InChI is InChI=1S/C22H24BrNO2/c1-26-21-18(11-14-4-2-3-5-17(14)19(21)23)22(25)24-20-15-7-12-6-13(9-15)10-16(20)8-12/h2-5,11-13,15-16,20H,6-10H2,1H3,(H,24,25). The number of ether oxygens (including phenoxy) is 1. The molecule has 3 nitrogen and oxygen atoms in total. The summed E-state index contributed by atoms with van der Waals surface area (Å²) < 4.78 is 6.46. The predicted octanol–water partition coefficient (Wildman–Crippen LogP) is 5.17. The summed E-state index contributed by atoms with van der Waals surface area (Å²) in [7, 11) is 1.63. The Labute approximate surface area is 162 Å². The van der Waals surface area contributed by atoms with E-state index < -0.39 is 0 Å². The molecule has 136 valence electrons. The molecule has 4 fully saturated rings. The van der Waals surface area contributed by atoms with E-state index in [4.69, 9.17) is 4.74 Å². The van der Waals surface area contributed by atoms with Gasteiger partial charge < -0.3 is 10.1 Å². The van der Waals surface area contributed by atoms with Gasteiger partial charge in [0, 0.05) is 6.04 Å². The van der Waals surface area contributed by atoms with Crippen molar-refractivity contribution in [1.29, 1.82) is 0 Å². The van der Waals surface area contributed by atoms with Crippen LogP contribution in [0.1, 0.15) is 42.5 Å². The van der Waals surface area contributed by atoms with Gasteiger partial charge in [-0.25, -0.2) is 0 Å². The number of halogens is 1. The minimum Gasteiger partial charge on any atom is -0.495 e. The first-order chi connectivity index (χ1) is 12.6. The second kappa shape index (κ2) is 6.26. The number of carbonyl (C=O) groups excluding carboxylic acids is 1. The first-order valence-corrected chi connectivity index (χ1v) is 10.5. The van der Waals surface area contributed by atoms with Gasteiger partial charge in [-0.3, -0.25) is 4.79 Å². The van der Waals surface area contributed by atoms with E-state index in [1.807, 2.05) is 30.3 Å². The lowest BCUT2D eigenvalue weighted by molar-refractivity contribution is -0.0119. The fourth-order valence-corrected chi connectivity index (χ4v) is 6.78. The summed E-state index contributed by atoms with van der Waals surface area (Å²) in [5, 5.41) is 5.52. The van der Waals surface area contributed by atoms with Gasteiger partial charge >= 0.3 is 0 Å². The maximum absolute atomic E-state index is 13.2. The zero-order valence-corrected chi connectivity index (χ0v) is 16.6. The Morgan fingerprint density at radius 1 is 1.08 bits per heavy atom. The fraction of sp³-hybridized carbons (Fsp3) is 0.500. The second-order valence-corrected chi connectivity index (χ2v) is 9.22. The van der Waals surface area contributed by atoms with Gasteiger partial charge in [0.1, 0.15) is 5.75 Å². The molecule has 4 heteroatoms. The van der Waals surface area contributed by atoms with Gasteiger partial charge in [0.25, 0.3) is 5.91 Å². The van der Waals surface area contributed by atoms with Crippen LogP contribution in [0.3, 0.4) is 0 Å². The first-order valence-electron chi connectivity index (χ1n) is 9.70. The highest BCUT2D eigenvalue weighted by Crippen LogP contribution is 2.53. The third-order valence-electron chi connectivity index (χ3n) is 6.91. The molecular weight excluding hydrogens is 390 g/mol. The van der Waals surface area contributed by atoms with Crippen molar-refractivity contribution in [3.8, 4) is 5.75 Å². The fourth-order valence-electron chi connectivity index (χ4n) is 6.04. The van der Waals surface area contributed by atoms with E-state index in [0.717, 1.165) is 27.1 Å². The average Bonchev–Trinajstić information content (AvgIpc) is 2.64. The Morgan fingerprint density at radius 2 is 1.73 bits per heavy atom. The molecule has 26 heavy (non-hydrogen) atoms. The SMILES string of the molecule is COc1c(C(=O)NC2C3CC4CC(C3)CC2C4)cc2ccccc2c1Br. The Morgan fingerprint density at radius 3 is 2.38 bits per heavy atom. The summed E-state index contributed by atoms with van der Waals surface area (Å²) in [5.41, 5.74) is 0.631. The molecular formula is C22H24BrNO2. The number of hydrogen-bond donors (Lipinski definition) is 1. The van der Waals surface area contributed by atoms with E-state index in [-0.39, 0.29) is 5.91 Å². The van der Waals surface area contributed by atoms with E-state index in [0.29, 0.717) is 29.2 Å². The third kappa shape index (κ3) is 2.57. The molecule has 0 radical (unpaired) electrons. The Kier molecular flexibility index (Phi) is 4.00. The van der Waals surface area contributed by atoms with Crippen molar-refractivity contribution >= 4 is 32.6 Å². The summed E-state index contributed by atoms with van der Waals surface area (Å²) in [6.45, 7) is 0. The van der Waals surface area contributed by atoms with Crippen LogP contribution in [0.4, 0.5) is 0 Å². The van der Waals surface area contributed by atoms with Crippen LogP contribution in [-0.2, 0) is 0 Å². The topological polar surface area (TPSA) is 38.3 Å². The van der Waals surface area contributed by atoms with Crippen LogP contribution in [0.25, 0.3) is 10.8 Å². The number of fused-ring (bicyclic) bond motifs is 1. The number of nitrogens with one attached hydrogen (secondary N) is 1. The van der Waals surface area contributed by atoms with Gasteiger partial charge in [0.15, 0.2) is 0 Å². The number of rotatable bonds is 3. The lowest BCUT2D eigenvalue weighted by Gasteiger charge is -2.54. The molecule has 2 aromatic rings. The smallest absolute Gasteiger partial charge is 0.255 e. The Balaban J connectivity index is 1.47. The molecule has 0 atom stereocenters. The highest BCUT2D eigenvalue weighted by Gasteiger charge is 2.48. The lowest BCUT2D eigenvalue weighted by atomic mass is 9.54. The maximum atomic E-state index is 13.2. The Hall–Kier alpha value is -1.55. The van der Waals surface area contributed by atoms with Crippen LogP contribution in [0.15, 0.2) is 34.8 Å². The molecule has 0 unspecified atom stereocenters. The third-order valence-corrected chi connectivity index (χ3v) is 7.70. The summed E-state index contributed by atoms with van der Waals surface area (Å²) >= 11 is 3.64. The number of carbonyl (C=O) groups is 1. The monoisotopic (exact) mass is 413 g/mol. The van der Waals surface area contributed by atoms with Gasteiger partial charge in [-0.05, 0) is 88.5 Å². The van der Waals surface area contributed by atoms with Crippen molar-refractivity contribution in [3.63, 3.8) is 0 Å². The number of methoxy groups -OCH3 is 1. The molecule has 4 aliphatic rings. The maximum Gasteiger partial charge on any atom is 0.255 e. The largest absolute Gasteiger partial charge is 0.495 e. The molecule has 0 aromatic heterocycles. The molecule has 2 aromatic carbocycles. The van der Waals surface area contributed by atoms with Crippen molar-refractivity contribution in [2.75, 3.05) is 7.11 Å². The number of hydrogen-bond acceptors (Lipinski definition) is 2.